The minimum Gasteiger partial charge on any atom is -0.465 e. The van der Waals surface area contributed by atoms with E-state index in [1.165, 1.54) is 22.3 Å². The first kappa shape index (κ1) is 19.4. The van der Waals surface area contributed by atoms with Gasteiger partial charge in [-0.2, -0.15) is 0 Å². The topological polar surface area (TPSA) is 50.7 Å². The fourth-order valence-electron chi connectivity index (χ4n) is 4.33. The van der Waals surface area contributed by atoms with Gasteiger partial charge in [-0.25, -0.2) is 0 Å². The van der Waals surface area contributed by atoms with Gasteiger partial charge in [0.15, 0.2) is 0 Å². The molecule has 150 valence electrons. The number of allylic oxidation sites excluding steroid dienone is 2. The Morgan fingerprint density at radius 2 is 1.90 bits per heavy atom. The monoisotopic (exact) mass is 388 g/mol. The van der Waals surface area contributed by atoms with Gasteiger partial charge >= 0.3 is 5.97 Å². The first-order valence-corrected chi connectivity index (χ1v) is 10.3. The fraction of sp³-hybridized carbons (Fsp3) is 0.360. The van der Waals surface area contributed by atoms with E-state index in [4.69, 9.17) is 4.74 Å². The van der Waals surface area contributed by atoms with Crippen molar-refractivity contribution in [1.29, 1.82) is 0 Å². The normalized spacial score (nSPS) is 18.0. The molecule has 2 aromatic carbocycles. The van der Waals surface area contributed by atoms with Crippen molar-refractivity contribution in [3.63, 3.8) is 0 Å². The number of carbonyl (C=O) groups excluding carboxylic acids is 1. The maximum Gasteiger partial charge on any atom is 0.327 e. The molecule has 4 rings (SSSR count). The van der Waals surface area contributed by atoms with E-state index < -0.39 is 0 Å². The molecule has 0 heterocycles. The second kappa shape index (κ2) is 7.86. The molecule has 0 saturated carbocycles. The van der Waals surface area contributed by atoms with Crippen molar-refractivity contribution >= 4 is 17.4 Å². The van der Waals surface area contributed by atoms with Crippen LogP contribution in [-0.2, 0) is 16.0 Å². The number of hydrogen-bond donors (Lipinski definition) is 1. The highest BCUT2D eigenvalue weighted by Crippen LogP contribution is 2.39. The summed E-state index contributed by atoms with van der Waals surface area (Å²) in [6, 6.07) is 15.2. The maximum atomic E-state index is 11.7. The summed E-state index contributed by atoms with van der Waals surface area (Å²) in [4.78, 5) is 16.2. The lowest BCUT2D eigenvalue weighted by atomic mass is 9.78. The Morgan fingerprint density at radius 3 is 2.72 bits per heavy atom. The second-order valence-electron chi connectivity index (χ2n) is 8.63. The molecule has 2 aliphatic rings. The molecular formula is C25H28N2O2. The van der Waals surface area contributed by atoms with Crippen LogP contribution in [0.25, 0.3) is 11.1 Å². The summed E-state index contributed by atoms with van der Waals surface area (Å²) in [6.07, 6.45) is 4.88. The molecule has 0 aliphatic heterocycles. The van der Waals surface area contributed by atoms with Crippen molar-refractivity contribution in [2.75, 3.05) is 18.5 Å². The van der Waals surface area contributed by atoms with Crippen LogP contribution in [0.3, 0.4) is 0 Å². The molecule has 0 aromatic heterocycles. The van der Waals surface area contributed by atoms with Gasteiger partial charge in [0, 0.05) is 17.1 Å². The largest absolute Gasteiger partial charge is 0.465 e. The van der Waals surface area contributed by atoms with Gasteiger partial charge in [0.25, 0.3) is 0 Å². The molecule has 0 atom stereocenters. The van der Waals surface area contributed by atoms with E-state index in [1.807, 2.05) is 6.92 Å². The van der Waals surface area contributed by atoms with Crippen LogP contribution in [0.2, 0.25) is 0 Å². The first-order valence-electron chi connectivity index (χ1n) is 10.3. The van der Waals surface area contributed by atoms with E-state index in [-0.39, 0.29) is 17.9 Å². The number of anilines is 1. The zero-order valence-electron chi connectivity index (χ0n) is 17.4. The molecule has 4 heteroatoms. The van der Waals surface area contributed by atoms with Gasteiger partial charge in [-0.1, -0.05) is 44.2 Å². The number of esters is 1. The van der Waals surface area contributed by atoms with E-state index in [2.05, 4.69) is 72.7 Å². The Labute approximate surface area is 172 Å². The number of benzene rings is 2. The maximum absolute atomic E-state index is 11.7. The van der Waals surface area contributed by atoms with Crippen LogP contribution in [0, 0.1) is 5.41 Å². The summed E-state index contributed by atoms with van der Waals surface area (Å²) >= 11 is 0. The van der Waals surface area contributed by atoms with Crippen LogP contribution in [-0.4, -0.2) is 24.8 Å². The third kappa shape index (κ3) is 4.42. The Hall–Kier alpha value is -2.88. The first-order chi connectivity index (χ1) is 13.9. The molecule has 2 aromatic rings. The van der Waals surface area contributed by atoms with Gasteiger partial charge in [-0.3, -0.25) is 9.79 Å². The summed E-state index contributed by atoms with van der Waals surface area (Å²) < 4.78 is 4.99. The van der Waals surface area contributed by atoms with Gasteiger partial charge in [0.05, 0.1) is 6.61 Å². The van der Waals surface area contributed by atoms with Gasteiger partial charge in [0.2, 0.25) is 0 Å². The van der Waals surface area contributed by atoms with E-state index in [1.54, 1.807) is 0 Å². The predicted octanol–water partition coefficient (Wildman–Crippen LogP) is 5.38. The smallest absolute Gasteiger partial charge is 0.327 e. The van der Waals surface area contributed by atoms with Crippen LogP contribution < -0.4 is 5.32 Å². The summed E-state index contributed by atoms with van der Waals surface area (Å²) in [5, 5.41) is 3.60. The number of aliphatic imine (C=N–C) groups is 1. The lowest BCUT2D eigenvalue weighted by Gasteiger charge is -2.31. The van der Waals surface area contributed by atoms with Crippen LogP contribution in [0.5, 0.6) is 0 Å². The number of hydrogen-bond acceptors (Lipinski definition) is 4. The van der Waals surface area contributed by atoms with Crippen LogP contribution in [0.4, 0.5) is 5.69 Å². The summed E-state index contributed by atoms with van der Waals surface area (Å²) in [5.41, 5.74) is 8.72. The minimum atomic E-state index is -0.274. The highest BCUT2D eigenvalue weighted by molar-refractivity contribution is 5.98. The van der Waals surface area contributed by atoms with Crippen LogP contribution in [0.1, 0.15) is 44.7 Å². The highest BCUT2D eigenvalue weighted by Gasteiger charge is 2.27. The molecule has 2 aliphatic carbocycles. The zero-order chi connectivity index (χ0) is 20.4. The van der Waals surface area contributed by atoms with Crippen molar-refractivity contribution in [1.82, 2.24) is 0 Å². The third-order valence-electron chi connectivity index (χ3n) is 5.48. The molecule has 0 bridgehead atoms. The van der Waals surface area contributed by atoms with Crippen molar-refractivity contribution < 1.29 is 9.53 Å². The molecular weight excluding hydrogens is 360 g/mol. The summed E-state index contributed by atoms with van der Waals surface area (Å²) in [5.74, 6) is -0.274. The quantitative estimate of drug-likeness (QED) is 0.597. The lowest BCUT2D eigenvalue weighted by Crippen LogP contribution is -2.25. The van der Waals surface area contributed by atoms with Crippen molar-refractivity contribution in [3.8, 4) is 11.1 Å². The molecule has 0 saturated heterocycles. The molecule has 1 N–H and O–H groups in total. The van der Waals surface area contributed by atoms with Crippen molar-refractivity contribution in [3.05, 3.63) is 65.4 Å². The molecule has 0 spiro atoms. The van der Waals surface area contributed by atoms with Crippen molar-refractivity contribution in [2.45, 2.75) is 40.0 Å². The summed E-state index contributed by atoms with van der Waals surface area (Å²) in [6.45, 7) is 6.76. The van der Waals surface area contributed by atoms with E-state index in [9.17, 15) is 4.79 Å². The van der Waals surface area contributed by atoms with Crippen molar-refractivity contribution in [2.24, 2.45) is 10.4 Å². The molecule has 0 fully saturated rings. The number of fused-ring (bicyclic) bond motifs is 3. The van der Waals surface area contributed by atoms with Gasteiger partial charge in [-0.05, 0) is 72.1 Å². The van der Waals surface area contributed by atoms with Crippen LogP contribution in [0.15, 0.2) is 59.2 Å². The number of carbonyl (C=O) groups is 1. The fourth-order valence-corrected chi connectivity index (χ4v) is 4.33. The Morgan fingerprint density at radius 1 is 1.10 bits per heavy atom. The van der Waals surface area contributed by atoms with Gasteiger partial charge in [0.1, 0.15) is 6.54 Å². The van der Waals surface area contributed by atoms with E-state index >= 15 is 0 Å². The molecule has 0 amide bonds. The van der Waals surface area contributed by atoms with Gasteiger partial charge < -0.3 is 10.1 Å². The Bertz CT molecular complexity index is 1000. The Balaban J connectivity index is 1.53. The zero-order valence-corrected chi connectivity index (χ0v) is 17.4. The average Bonchev–Trinajstić information content (AvgIpc) is 3.03. The molecule has 4 nitrogen and oxygen atoms in total. The third-order valence-corrected chi connectivity index (χ3v) is 5.48. The number of ether oxygens (including phenoxy) is 1. The minimum absolute atomic E-state index is 0.0835. The van der Waals surface area contributed by atoms with Gasteiger partial charge in [-0.15, -0.1) is 0 Å². The SMILES string of the molecule is CCOC(=O)CN=C1C=C(Nc2ccc3c(c2)Cc2ccccc2-3)CC(C)(C)C1. The highest BCUT2D eigenvalue weighted by atomic mass is 16.5. The standard InChI is InChI=1S/C25H28N2O2/c1-4-29-24(28)16-26-20-13-21(15-25(2,3)14-20)27-19-9-10-23-18(12-19)11-17-7-5-6-8-22(17)23/h5-10,12-13,27H,4,11,14-16H2,1-3H3. The summed E-state index contributed by atoms with van der Waals surface area (Å²) in [7, 11) is 0. The average molecular weight is 389 g/mol. The molecule has 29 heavy (non-hydrogen) atoms. The predicted molar refractivity (Wildman–Crippen MR) is 118 cm³/mol. The number of nitrogens with zero attached hydrogens (tertiary/aromatic N) is 1. The Kier molecular flexibility index (Phi) is 5.27. The van der Waals surface area contributed by atoms with Crippen LogP contribution >= 0.6 is 0 Å². The van der Waals surface area contributed by atoms with E-state index in [0.29, 0.717) is 6.61 Å². The molecule has 0 radical (unpaired) electrons. The number of rotatable bonds is 5. The van der Waals surface area contributed by atoms with E-state index in [0.717, 1.165) is 36.4 Å². The number of nitrogens with one attached hydrogen (secondary N) is 1. The lowest BCUT2D eigenvalue weighted by molar-refractivity contribution is -0.141. The molecule has 0 unspecified atom stereocenters. The second-order valence-corrected chi connectivity index (χ2v) is 8.63.